The van der Waals surface area contributed by atoms with Crippen molar-refractivity contribution in [2.75, 3.05) is 5.73 Å². The number of halogens is 1. The van der Waals surface area contributed by atoms with Crippen LogP contribution in [-0.4, -0.2) is 14.8 Å². The van der Waals surface area contributed by atoms with Crippen LogP contribution in [0.1, 0.15) is 10.7 Å². The van der Waals surface area contributed by atoms with E-state index in [1.807, 2.05) is 13.8 Å². The van der Waals surface area contributed by atoms with E-state index in [0.717, 1.165) is 15.6 Å². The van der Waals surface area contributed by atoms with Crippen molar-refractivity contribution in [1.82, 2.24) is 14.8 Å². The Kier molecular flexibility index (Phi) is 3.25. The van der Waals surface area contributed by atoms with Crippen LogP contribution in [0.3, 0.4) is 0 Å². The lowest BCUT2D eigenvalue weighted by atomic mass is 10.0. The molecule has 3 rings (SSSR count). The monoisotopic (exact) mass is 302 g/mol. The highest BCUT2D eigenvalue weighted by molar-refractivity contribution is 7.15. The summed E-state index contributed by atoms with van der Waals surface area (Å²) >= 11 is 1.54. The fourth-order valence-electron chi connectivity index (χ4n) is 2.38. The molecule has 0 bridgehead atoms. The van der Waals surface area contributed by atoms with Gasteiger partial charge in [0.15, 0.2) is 0 Å². The van der Waals surface area contributed by atoms with Gasteiger partial charge < -0.3 is 5.73 Å². The molecule has 0 fully saturated rings. The number of nitrogens with two attached hydrogens (primary N) is 1. The van der Waals surface area contributed by atoms with Crippen molar-refractivity contribution >= 4 is 17.2 Å². The molecule has 0 atom stereocenters. The molecule has 108 valence electrons. The quantitative estimate of drug-likeness (QED) is 0.787. The maximum absolute atomic E-state index is 14.2. The minimum absolute atomic E-state index is 0.308. The molecule has 3 aromatic rings. The Morgan fingerprint density at radius 1 is 1.24 bits per heavy atom. The lowest BCUT2D eigenvalue weighted by molar-refractivity contribution is 0.631. The highest BCUT2D eigenvalue weighted by Crippen LogP contribution is 2.40. The number of anilines is 1. The Labute approximate surface area is 126 Å². The molecule has 2 N–H and O–H groups in total. The number of aryl methyl sites for hydroxylation is 3. The zero-order valence-corrected chi connectivity index (χ0v) is 12.8. The van der Waals surface area contributed by atoms with Gasteiger partial charge in [0.2, 0.25) is 0 Å². The predicted molar refractivity (Wildman–Crippen MR) is 83.6 cm³/mol. The van der Waals surface area contributed by atoms with Crippen LogP contribution in [0.5, 0.6) is 0 Å². The van der Waals surface area contributed by atoms with Gasteiger partial charge in [0, 0.05) is 12.6 Å². The number of rotatable bonds is 2. The van der Waals surface area contributed by atoms with Crippen molar-refractivity contribution < 1.29 is 4.39 Å². The number of aromatic nitrogens is 3. The molecule has 0 unspecified atom stereocenters. The number of nitrogens with zero attached hydrogens (tertiary/aromatic N) is 3. The lowest BCUT2D eigenvalue weighted by Crippen LogP contribution is -1.98. The lowest BCUT2D eigenvalue weighted by Gasteiger charge is -2.04. The van der Waals surface area contributed by atoms with Crippen LogP contribution in [0.25, 0.3) is 21.7 Å². The van der Waals surface area contributed by atoms with Crippen LogP contribution >= 0.6 is 11.3 Å². The molecule has 0 aliphatic carbocycles. The fraction of sp³-hybridized carbons (Fsp3) is 0.200. The number of nitrogen functional groups attached to an aromatic ring is 1. The van der Waals surface area contributed by atoms with Crippen molar-refractivity contribution in [2.45, 2.75) is 13.8 Å². The van der Waals surface area contributed by atoms with E-state index >= 15 is 0 Å². The van der Waals surface area contributed by atoms with Crippen LogP contribution in [0.2, 0.25) is 0 Å². The van der Waals surface area contributed by atoms with Gasteiger partial charge in [-0.05, 0) is 19.9 Å². The molecule has 6 heteroatoms. The highest BCUT2D eigenvalue weighted by Gasteiger charge is 2.22. The maximum Gasteiger partial charge on any atom is 0.131 e. The number of hydrogen-bond acceptors (Lipinski definition) is 4. The van der Waals surface area contributed by atoms with Gasteiger partial charge in [-0.2, -0.15) is 5.10 Å². The maximum atomic E-state index is 14.2. The number of hydrogen-bond donors (Lipinski definition) is 1. The van der Waals surface area contributed by atoms with Gasteiger partial charge in [-0.1, -0.05) is 18.2 Å². The average Bonchev–Trinajstić information content (AvgIpc) is 2.91. The Morgan fingerprint density at radius 3 is 2.57 bits per heavy atom. The molecule has 0 saturated carbocycles. The van der Waals surface area contributed by atoms with Crippen LogP contribution in [0.15, 0.2) is 24.3 Å². The summed E-state index contributed by atoms with van der Waals surface area (Å²) < 4.78 is 15.7. The summed E-state index contributed by atoms with van der Waals surface area (Å²) in [6, 6.07) is 6.60. The van der Waals surface area contributed by atoms with Crippen LogP contribution in [0, 0.1) is 19.7 Å². The Hall–Kier alpha value is -2.21. The summed E-state index contributed by atoms with van der Waals surface area (Å²) in [6.45, 7) is 3.87. The van der Waals surface area contributed by atoms with Crippen molar-refractivity contribution in [1.29, 1.82) is 0 Å². The van der Waals surface area contributed by atoms with Crippen LogP contribution in [-0.2, 0) is 7.05 Å². The molecule has 4 nitrogen and oxygen atoms in total. The summed E-state index contributed by atoms with van der Waals surface area (Å²) in [4.78, 5) is 5.35. The Morgan fingerprint density at radius 2 is 1.95 bits per heavy atom. The Balaban J connectivity index is 2.31. The van der Waals surface area contributed by atoms with E-state index < -0.39 is 0 Å². The summed E-state index contributed by atoms with van der Waals surface area (Å²) in [5.74, 6) is 0.137. The molecule has 0 aliphatic heterocycles. The van der Waals surface area contributed by atoms with Crippen molar-refractivity contribution in [3.8, 4) is 21.7 Å². The third-order valence-electron chi connectivity index (χ3n) is 3.35. The second-order valence-corrected chi connectivity index (χ2v) is 6.06. The minimum Gasteiger partial charge on any atom is -0.383 e. The van der Waals surface area contributed by atoms with Gasteiger partial charge in [0.05, 0.1) is 21.1 Å². The first-order chi connectivity index (χ1) is 9.99. The molecule has 1 aromatic carbocycles. The largest absolute Gasteiger partial charge is 0.383 e. The molecule has 0 radical (unpaired) electrons. The summed E-state index contributed by atoms with van der Waals surface area (Å²) in [5.41, 5.74) is 8.77. The van der Waals surface area contributed by atoms with Gasteiger partial charge in [0.1, 0.15) is 17.3 Å². The van der Waals surface area contributed by atoms with E-state index in [1.165, 1.54) is 17.4 Å². The van der Waals surface area contributed by atoms with E-state index in [1.54, 1.807) is 29.9 Å². The Bertz CT molecular complexity index is 819. The summed E-state index contributed by atoms with van der Waals surface area (Å²) in [5, 5.41) is 5.42. The highest BCUT2D eigenvalue weighted by atomic mass is 32.1. The van der Waals surface area contributed by atoms with Crippen molar-refractivity contribution in [3.63, 3.8) is 0 Å². The number of thiazole rings is 1. The minimum atomic E-state index is -0.308. The van der Waals surface area contributed by atoms with E-state index in [2.05, 4.69) is 10.1 Å². The summed E-state index contributed by atoms with van der Waals surface area (Å²) in [6.07, 6.45) is 0. The van der Waals surface area contributed by atoms with Crippen LogP contribution < -0.4 is 5.73 Å². The van der Waals surface area contributed by atoms with Gasteiger partial charge in [-0.3, -0.25) is 4.68 Å². The molecule has 0 aliphatic rings. The van der Waals surface area contributed by atoms with Gasteiger partial charge in [-0.25, -0.2) is 9.37 Å². The van der Waals surface area contributed by atoms with Gasteiger partial charge in [-0.15, -0.1) is 11.3 Å². The van der Waals surface area contributed by atoms with E-state index in [0.29, 0.717) is 22.6 Å². The molecule has 2 aromatic heterocycles. The van der Waals surface area contributed by atoms with Crippen molar-refractivity contribution in [2.24, 2.45) is 7.05 Å². The molecule has 0 spiro atoms. The molecule has 2 heterocycles. The van der Waals surface area contributed by atoms with E-state index in [9.17, 15) is 4.39 Å². The zero-order chi connectivity index (χ0) is 15.1. The fourth-order valence-corrected chi connectivity index (χ4v) is 3.29. The SMILES string of the molecule is Cc1nc(C)c(-c2nn(C)c(N)c2-c2ccccc2F)s1. The molecule has 21 heavy (non-hydrogen) atoms. The first-order valence-electron chi connectivity index (χ1n) is 6.50. The van der Waals surface area contributed by atoms with E-state index in [4.69, 9.17) is 5.73 Å². The molecular weight excluding hydrogens is 287 g/mol. The predicted octanol–water partition coefficient (Wildman–Crippen LogP) is 3.55. The molecule has 0 saturated heterocycles. The third-order valence-corrected chi connectivity index (χ3v) is 4.43. The third kappa shape index (κ3) is 2.21. The first-order valence-corrected chi connectivity index (χ1v) is 7.32. The molecular formula is C15H15FN4S. The van der Waals surface area contributed by atoms with Crippen LogP contribution in [0.4, 0.5) is 10.2 Å². The topological polar surface area (TPSA) is 56.7 Å². The second-order valence-electron chi connectivity index (χ2n) is 4.86. The number of benzene rings is 1. The van der Waals surface area contributed by atoms with Gasteiger partial charge >= 0.3 is 0 Å². The van der Waals surface area contributed by atoms with Gasteiger partial charge in [0.25, 0.3) is 0 Å². The summed E-state index contributed by atoms with van der Waals surface area (Å²) in [7, 11) is 1.76. The standard InChI is InChI=1S/C15H15FN4S/c1-8-14(21-9(2)18-8)13-12(15(17)20(3)19-13)10-6-4-5-7-11(10)16/h4-7H,17H2,1-3H3. The smallest absolute Gasteiger partial charge is 0.131 e. The first kappa shape index (κ1) is 13.8. The van der Waals surface area contributed by atoms with Crippen molar-refractivity contribution in [3.05, 3.63) is 40.8 Å². The molecule has 0 amide bonds. The second kappa shape index (κ2) is 4.96. The zero-order valence-electron chi connectivity index (χ0n) is 12.0. The van der Waals surface area contributed by atoms with E-state index in [-0.39, 0.29) is 5.82 Å². The normalized spacial score (nSPS) is 11.0. The average molecular weight is 302 g/mol.